The van der Waals surface area contributed by atoms with Gasteiger partial charge in [-0.25, -0.2) is 0 Å². The number of carboxylic acids is 1. The van der Waals surface area contributed by atoms with E-state index in [1.54, 1.807) is 12.1 Å². The molecule has 1 atom stereocenters. The first-order chi connectivity index (χ1) is 11.1. The zero-order valence-electron chi connectivity index (χ0n) is 12.6. The maximum atomic E-state index is 11.0. The monoisotopic (exact) mass is 321 g/mol. The second-order valence-corrected chi connectivity index (χ2v) is 5.40. The topological polar surface area (TPSA) is 105 Å². The van der Waals surface area contributed by atoms with E-state index in [0.717, 1.165) is 19.4 Å². The van der Waals surface area contributed by atoms with Crippen LogP contribution in [0, 0.1) is 16.0 Å². The van der Waals surface area contributed by atoms with E-state index in [4.69, 9.17) is 9.94 Å². The van der Waals surface area contributed by atoms with Crippen molar-refractivity contribution < 1.29 is 19.7 Å². The predicted molar refractivity (Wildman–Crippen MR) is 83.4 cm³/mol. The van der Waals surface area contributed by atoms with Crippen molar-refractivity contribution in [2.24, 2.45) is 11.1 Å². The van der Waals surface area contributed by atoms with Crippen LogP contribution < -0.4 is 0 Å². The van der Waals surface area contributed by atoms with E-state index in [1.165, 1.54) is 18.3 Å². The first kappa shape index (κ1) is 16.9. The molecule has 0 bridgehead atoms. The first-order valence-electron chi connectivity index (χ1n) is 7.41. The summed E-state index contributed by atoms with van der Waals surface area (Å²) in [5, 5.41) is 23.5. The molecule has 1 N–H and O–H groups in total. The molecule has 1 aliphatic heterocycles. The highest BCUT2D eigenvalue weighted by Gasteiger charge is 2.24. The Labute approximate surface area is 133 Å². The van der Waals surface area contributed by atoms with Crippen molar-refractivity contribution in [2.75, 3.05) is 26.2 Å². The van der Waals surface area contributed by atoms with Crippen LogP contribution in [0.1, 0.15) is 18.4 Å². The Kier molecular flexibility index (Phi) is 6.04. The Morgan fingerprint density at radius 1 is 1.57 bits per heavy atom. The average molecular weight is 321 g/mol. The van der Waals surface area contributed by atoms with Crippen LogP contribution in [-0.2, 0) is 9.63 Å². The van der Waals surface area contributed by atoms with Crippen LogP contribution in [0.2, 0.25) is 0 Å². The van der Waals surface area contributed by atoms with E-state index in [1.807, 2.05) is 4.90 Å². The molecule has 0 aliphatic carbocycles. The van der Waals surface area contributed by atoms with Gasteiger partial charge in [-0.1, -0.05) is 17.3 Å². The molecule has 1 aromatic carbocycles. The molecule has 2 rings (SSSR count). The molecule has 0 aromatic heterocycles. The van der Waals surface area contributed by atoms with Gasteiger partial charge in [-0.2, -0.15) is 0 Å². The summed E-state index contributed by atoms with van der Waals surface area (Å²) in [6.07, 6.45) is 3.01. The normalized spacial score (nSPS) is 18.9. The van der Waals surface area contributed by atoms with Gasteiger partial charge >= 0.3 is 5.97 Å². The molecule has 1 unspecified atom stereocenters. The van der Waals surface area contributed by atoms with Gasteiger partial charge in [0, 0.05) is 30.8 Å². The highest BCUT2D eigenvalue weighted by Crippen LogP contribution is 2.16. The lowest BCUT2D eigenvalue weighted by Crippen LogP contribution is -2.40. The maximum Gasteiger partial charge on any atom is 0.307 e. The van der Waals surface area contributed by atoms with Crippen molar-refractivity contribution in [3.05, 3.63) is 39.9 Å². The number of nitro groups is 1. The summed E-state index contributed by atoms with van der Waals surface area (Å²) < 4.78 is 0. The summed E-state index contributed by atoms with van der Waals surface area (Å²) in [7, 11) is 0. The lowest BCUT2D eigenvalue weighted by atomic mass is 9.98. The molecule has 8 nitrogen and oxygen atoms in total. The molecule has 0 amide bonds. The minimum atomic E-state index is -0.751. The van der Waals surface area contributed by atoms with Gasteiger partial charge in [-0.15, -0.1) is 0 Å². The summed E-state index contributed by atoms with van der Waals surface area (Å²) in [5.74, 6) is -1.06. The van der Waals surface area contributed by atoms with Crippen molar-refractivity contribution in [1.29, 1.82) is 0 Å². The molecule has 1 fully saturated rings. The summed E-state index contributed by atoms with van der Waals surface area (Å²) in [5.41, 5.74) is 0.588. The molecule has 124 valence electrons. The van der Waals surface area contributed by atoms with Crippen molar-refractivity contribution in [3.8, 4) is 0 Å². The van der Waals surface area contributed by atoms with E-state index < -0.39 is 10.9 Å². The molecule has 1 aliphatic rings. The predicted octanol–water partition coefficient (Wildman–Crippen LogP) is 1.74. The largest absolute Gasteiger partial charge is 0.481 e. The Morgan fingerprint density at radius 2 is 2.39 bits per heavy atom. The van der Waals surface area contributed by atoms with Gasteiger partial charge in [-0.3, -0.25) is 19.8 Å². The third-order valence-electron chi connectivity index (χ3n) is 3.71. The number of aliphatic carboxylic acids is 1. The number of hydrogen-bond donors (Lipinski definition) is 1. The van der Waals surface area contributed by atoms with Crippen LogP contribution in [0.5, 0.6) is 0 Å². The van der Waals surface area contributed by atoms with Gasteiger partial charge in [0.1, 0.15) is 6.61 Å². The number of likely N-dealkylation sites (tertiary alicyclic amines) is 1. The molecule has 0 spiro atoms. The number of nitrogens with zero attached hydrogens (tertiary/aromatic N) is 3. The lowest BCUT2D eigenvalue weighted by Gasteiger charge is -2.29. The third-order valence-corrected chi connectivity index (χ3v) is 3.71. The van der Waals surface area contributed by atoms with Crippen LogP contribution in [0.25, 0.3) is 0 Å². The van der Waals surface area contributed by atoms with E-state index in [9.17, 15) is 14.9 Å². The van der Waals surface area contributed by atoms with Crippen LogP contribution in [0.4, 0.5) is 5.69 Å². The standard InChI is InChI=1S/C15H19N3O5/c19-15(20)13-4-2-6-17(11-13)7-8-23-16-10-12-3-1-5-14(9-12)18(21)22/h1,3,5,9-10,13H,2,4,6-8,11H2,(H,19,20)/b16-10+. The fourth-order valence-corrected chi connectivity index (χ4v) is 2.50. The van der Waals surface area contributed by atoms with Gasteiger partial charge in [0.05, 0.1) is 17.1 Å². The number of piperidine rings is 1. The van der Waals surface area contributed by atoms with Gasteiger partial charge in [0.15, 0.2) is 0 Å². The molecule has 8 heteroatoms. The second kappa shape index (κ2) is 8.23. The molecular weight excluding hydrogens is 302 g/mol. The Balaban J connectivity index is 1.73. The van der Waals surface area contributed by atoms with Crippen LogP contribution in [0.3, 0.4) is 0 Å². The number of non-ortho nitro benzene ring substituents is 1. The fourth-order valence-electron chi connectivity index (χ4n) is 2.50. The Morgan fingerprint density at radius 3 is 3.13 bits per heavy atom. The van der Waals surface area contributed by atoms with E-state index in [2.05, 4.69) is 5.16 Å². The summed E-state index contributed by atoms with van der Waals surface area (Å²) in [6, 6.07) is 6.10. The molecule has 1 saturated heterocycles. The molecular formula is C15H19N3O5. The molecule has 23 heavy (non-hydrogen) atoms. The Bertz CT molecular complexity index is 590. The van der Waals surface area contributed by atoms with E-state index in [-0.39, 0.29) is 11.6 Å². The number of nitro benzene ring substituents is 1. The smallest absolute Gasteiger partial charge is 0.307 e. The molecule has 0 radical (unpaired) electrons. The highest BCUT2D eigenvalue weighted by atomic mass is 16.6. The van der Waals surface area contributed by atoms with Crippen LogP contribution >= 0.6 is 0 Å². The van der Waals surface area contributed by atoms with Crippen molar-refractivity contribution >= 4 is 17.9 Å². The average Bonchev–Trinajstić information content (AvgIpc) is 2.55. The zero-order chi connectivity index (χ0) is 16.7. The molecule has 0 saturated carbocycles. The quantitative estimate of drug-likeness (QED) is 0.355. The van der Waals surface area contributed by atoms with Crippen molar-refractivity contribution in [1.82, 2.24) is 4.90 Å². The summed E-state index contributed by atoms with van der Waals surface area (Å²) in [6.45, 7) is 2.35. The van der Waals surface area contributed by atoms with Crippen LogP contribution in [0.15, 0.2) is 29.4 Å². The number of carboxylic acid groups (broad SMARTS) is 1. The maximum absolute atomic E-state index is 11.0. The number of benzene rings is 1. The van der Waals surface area contributed by atoms with Gasteiger partial charge in [-0.05, 0) is 19.4 Å². The molecule has 1 aromatic rings. The zero-order valence-corrected chi connectivity index (χ0v) is 12.6. The van der Waals surface area contributed by atoms with Gasteiger partial charge in [0.25, 0.3) is 5.69 Å². The van der Waals surface area contributed by atoms with Crippen LogP contribution in [-0.4, -0.2) is 53.4 Å². The summed E-state index contributed by atoms with van der Waals surface area (Å²) in [4.78, 5) is 28.4. The number of hydrogen-bond acceptors (Lipinski definition) is 6. The fraction of sp³-hybridized carbons (Fsp3) is 0.467. The minimum absolute atomic E-state index is 0.00183. The van der Waals surface area contributed by atoms with E-state index in [0.29, 0.717) is 25.3 Å². The number of rotatable bonds is 7. The number of carbonyl (C=O) groups is 1. The highest BCUT2D eigenvalue weighted by molar-refractivity contribution is 5.80. The first-order valence-corrected chi connectivity index (χ1v) is 7.41. The molecule has 1 heterocycles. The lowest BCUT2D eigenvalue weighted by molar-refractivity contribution is -0.384. The SMILES string of the molecule is O=C(O)C1CCCN(CCO/N=C/c2cccc([N+](=O)[O-])c2)C1. The van der Waals surface area contributed by atoms with Crippen molar-refractivity contribution in [3.63, 3.8) is 0 Å². The Hall–Kier alpha value is -2.48. The third kappa shape index (κ3) is 5.33. The van der Waals surface area contributed by atoms with Gasteiger partial charge in [0.2, 0.25) is 0 Å². The van der Waals surface area contributed by atoms with E-state index >= 15 is 0 Å². The second-order valence-electron chi connectivity index (χ2n) is 5.40. The van der Waals surface area contributed by atoms with Gasteiger partial charge < -0.3 is 9.94 Å². The minimum Gasteiger partial charge on any atom is -0.481 e. The summed E-state index contributed by atoms with van der Waals surface area (Å²) >= 11 is 0. The van der Waals surface area contributed by atoms with Crippen molar-refractivity contribution in [2.45, 2.75) is 12.8 Å². The number of oxime groups is 1.